The van der Waals surface area contributed by atoms with Crippen LogP contribution in [0.4, 0.5) is 0 Å². The molecule has 0 unspecified atom stereocenters. The Morgan fingerprint density at radius 1 is 1.27 bits per heavy atom. The van der Waals surface area contributed by atoms with Crippen molar-refractivity contribution in [3.05, 3.63) is 0 Å². The van der Waals surface area contributed by atoms with Gasteiger partial charge in [0.15, 0.2) is 5.96 Å². The van der Waals surface area contributed by atoms with Gasteiger partial charge >= 0.3 is 0 Å². The average molecular weight is 215 g/mol. The smallest absolute Gasteiger partial charge is 0.188 e. The summed E-state index contributed by atoms with van der Waals surface area (Å²) in [5, 5.41) is 13.2. The van der Waals surface area contributed by atoms with E-state index in [9.17, 15) is 5.11 Å². The molecule has 0 atom stereocenters. The number of aliphatic imine (C=N–C) groups is 1. The highest BCUT2D eigenvalue weighted by Gasteiger charge is 2.24. The second kappa shape index (κ2) is 7.51. The van der Waals surface area contributed by atoms with Crippen molar-refractivity contribution in [2.45, 2.75) is 52.1 Å². The van der Waals surface area contributed by atoms with Crippen LogP contribution in [-0.4, -0.2) is 29.8 Å². The van der Waals surface area contributed by atoms with Gasteiger partial charge in [0.1, 0.15) is 0 Å². The molecule has 0 aliphatic rings. The summed E-state index contributed by atoms with van der Waals surface area (Å²) >= 11 is 0. The van der Waals surface area contributed by atoms with Crippen LogP contribution in [0.2, 0.25) is 0 Å². The number of nitrogens with zero attached hydrogens (tertiary/aromatic N) is 1. The van der Waals surface area contributed by atoms with Gasteiger partial charge in [-0.3, -0.25) is 4.99 Å². The van der Waals surface area contributed by atoms with Crippen LogP contribution in [0.25, 0.3) is 0 Å². The predicted molar refractivity (Wildman–Crippen MR) is 64.9 cm³/mol. The molecule has 0 fully saturated rings. The standard InChI is InChI=1S/C11H25N3O/c1-4-7-11(15,8-5-2)9-14-10(12)13-6-3/h15H,4-9H2,1-3H3,(H3,12,13,14). The number of hydrogen-bond acceptors (Lipinski definition) is 2. The molecule has 0 bridgehead atoms. The van der Waals surface area contributed by atoms with E-state index in [1.807, 2.05) is 6.92 Å². The SMILES string of the molecule is CCCC(O)(CCC)CN=C(N)NCC. The first kappa shape index (κ1) is 14.2. The Kier molecular flexibility index (Phi) is 7.13. The van der Waals surface area contributed by atoms with Gasteiger partial charge in [-0.1, -0.05) is 26.7 Å². The van der Waals surface area contributed by atoms with E-state index in [2.05, 4.69) is 24.2 Å². The van der Waals surface area contributed by atoms with Crippen molar-refractivity contribution in [2.24, 2.45) is 10.7 Å². The highest BCUT2D eigenvalue weighted by molar-refractivity contribution is 5.77. The van der Waals surface area contributed by atoms with E-state index in [1.54, 1.807) is 0 Å². The molecule has 0 heterocycles. The first-order valence-electron chi connectivity index (χ1n) is 5.84. The molecule has 0 saturated heterocycles. The molecule has 0 spiro atoms. The number of rotatable bonds is 7. The van der Waals surface area contributed by atoms with Crippen LogP contribution in [0.1, 0.15) is 46.5 Å². The van der Waals surface area contributed by atoms with Crippen LogP contribution < -0.4 is 11.1 Å². The van der Waals surface area contributed by atoms with Gasteiger partial charge in [0.05, 0.1) is 12.1 Å². The summed E-state index contributed by atoms with van der Waals surface area (Å²) in [5.41, 5.74) is 4.93. The van der Waals surface area contributed by atoms with Crippen LogP contribution in [0.5, 0.6) is 0 Å². The minimum absolute atomic E-state index is 0.396. The Balaban J connectivity index is 4.21. The van der Waals surface area contributed by atoms with Crippen molar-refractivity contribution in [2.75, 3.05) is 13.1 Å². The lowest BCUT2D eigenvalue weighted by Gasteiger charge is -2.25. The summed E-state index contributed by atoms with van der Waals surface area (Å²) in [7, 11) is 0. The molecule has 0 aliphatic heterocycles. The monoisotopic (exact) mass is 215 g/mol. The second-order valence-corrected chi connectivity index (χ2v) is 3.96. The van der Waals surface area contributed by atoms with Gasteiger partial charge in [-0.2, -0.15) is 0 Å². The van der Waals surface area contributed by atoms with Gasteiger partial charge in [-0.05, 0) is 19.8 Å². The van der Waals surface area contributed by atoms with Gasteiger partial charge in [0.25, 0.3) is 0 Å². The zero-order valence-electron chi connectivity index (χ0n) is 10.2. The van der Waals surface area contributed by atoms with E-state index in [0.29, 0.717) is 12.5 Å². The highest BCUT2D eigenvalue weighted by atomic mass is 16.3. The minimum atomic E-state index is -0.677. The summed E-state index contributed by atoms with van der Waals surface area (Å²) in [6.45, 7) is 7.26. The molecular formula is C11H25N3O. The fraction of sp³-hybridized carbons (Fsp3) is 0.909. The molecular weight excluding hydrogens is 190 g/mol. The molecule has 0 aliphatic carbocycles. The third-order valence-electron chi connectivity index (χ3n) is 2.33. The molecule has 0 rings (SSSR count). The quantitative estimate of drug-likeness (QED) is 0.442. The molecule has 0 aromatic carbocycles. The van der Waals surface area contributed by atoms with Crippen molar-refractivity contribution in [3.63, 3.8) is 0 Å². The molecule has 0 aromatic heterocycles. The van der Waals surface area contributed by atoms with Crippen molar-refractivity contribution in [1.82, 2.24) is 5.32 Å². The van der Waals surface area contributed by atoms with Gasteiger partial charge in [-0.15, -0.1) is 0 Å². The fourth-order valence-electron chi connectivity index (χ4n) is 1.68. The zero-order valence-corrected chi connectivity index (χ0v) is 10.2. The van der Waals surface area contributed by atoms with Gasteiger partial charge in [-0.25, -0.2) is 0 Å². The first-order valence-corrected chi connectivity index (χ1v) is 5.84. The lowest BCUT2D eigenvalue weighted by molar-refractivity contribution is 0.0306. The molecule has 4 N–H and O–H groups in total. The van der Waals surface area contributed by atoms with Crippen molar-refractivity contribution < 1.29 is 5.11 Å². The van der Waals surface area contributed by atoms with Crippen molar-refractivity contribution in [1.29, 1.82) is 0 Å². The summed E-state index contributed by atoms with van der Waals surface area (Å²) in [5.74, 6) is 0.420. The largest absolute Gasteiger partial charge is 0.388 e. The average Bonchev–Trinajstić information content (AvgIpc) is 2.16. The Morgan fingerprint density at radius 3 is 2.20 bits per heavy atom. The van der Waals surface area contributed by atoms with E-state index >= 15 is 0 Å². The Labute approximate surface area is 93.0 Å². The minimum Gasteiger partial charge on any atom is -0.388 e. The van der Waals surface area contributed by atoms with Crippen LogP contribution >= 0.6 is 0 Å². The summed E-state index contributed by atoms with van der Waals surface area (Å²) in [6.07, 6.45) is 3.49. The van der Waals surface area contributed by atoms with Crippen LogP contribution in [0.3, 0.4) is 0 Å². The maximum absolute atomic E-state index is 10.2. The Bertz CT molecular complexity index is 186. The summed E-state index contributed by atoms with van der Waals surface area (Å²) in [6, 6.07) is 0. The summed E-state index contributed by atoms with van der Waals surface area (Å²) in [4.78, 5) is 4.16. The molecule has 0 amide bonds. The molecule has 4 heteroatoms. The van der Waals surface area contributed by atoms with E-state index in [1.165, 1.54) is 0 Å². The second-order valence-electron chi connectivity index (χ2n) is 3.96. The lowest BCUT2D eigenvalue weighted by Crippen LogP contribution is -2.36. The van der Waals surface area contributed by atoms with Crippen molar-refractivity contribution >= 4 is 5.96 Å². The summed E-state index contributed by atoms with van der Waals surface area (Å²) < 4.78 is 0. The predicted octanol–water partition coefficient (Wildman–Crippen LogP) is 1.24. The third-order valence-corrected chi connectivity index (χ3v) is 2.33. The zero-order chi connectivity index (χ0) is 11.7. The maximum atomic E-state index is 10.2. The molecule has 0 radical (unpaired) electrons. The highest BCUT2D eigenvalue weighted by Crippen LogP contribution is 2.19. The molecule has 4 nitrogen and oxygen atoms in total. The first-order chi connectivity index (χ1) is 7.08. The van der Waals surface area contributed by atoms with Gasteiger partial charge in [0, 0.05) is 6.54 Å². The third kappa shape index (κ3) is 6.33. The van der Waals surface area contributed by atoms with Crippen molar-refractivity contribution in [3.8, 4) is 0 Å². The molecule has 0 saturated carbocycles. The number of aliphatic hydroxyl groups is 1. The van der Waals surface area contributed by atoms with E-state index in [0.717, 1.165) is 32.2 Å². The number of nitrogens with one attached hydrogen (secondary N) is 1. The van der Waals surface area contributed by atoms with Crippen LogP contribution in [0.15, 0.2) is 4.99 Å². The number of hydrogen-bond donors (Lipinski definition) is 3. The van der Waals surface area contributed by atoms with Gasteiger partial charge < -0.3 is 16.2 Å². The molecule has 15 heavy (non-hydrogen) atoms. The van der Waals surface area contributed by atoms with Crippen LogP contribution in [0, 0.1) is 0 Å². The van der Waals surface area contributed by atoms with Crippen LogP contribution in [-0.2, 0) is 0 Å². The van der Waals surface area contributed by atoms with E-state index < -0.39 is 5.60 Å². The normalized spacial score (nSPS) is 12.9. The lowest BCUT2D eigenvalue weighted by atomic mass is 9.93. The van der Waals surface area contributed by atoms with E-state index in [-0.39, 0.29) is 0 Å². The fourth-order valence-corrected chi connectivity index (χ4v) is 1.68. The Hall–Kier alpha value is -0.770. The molecule has 0 aromatic rings. The van der Waals surface area contributed by atoms with Gasteiger partial charge in [0.2, 0.25) is 0 Å². The van der Waals surface area contributed by atoms with E-state index in [4.69, 9.17) is 5.73 Å². The maximum Gasteiger partial charge on any atom is 0.188 e. The number of nitrogens with two attached hydrogens (primary N) is 1. The Morgan fingerprint density at radius 2 is 1.80 bits per heavy atom. The molecule has 90 valence electrons. The number of guanidine groups is 1. The topological polar surface area (TPSA) is 70.6 Å².